The lowest BCUT2D eigenvalue weighted by atomic mass is 9.82. The van der Waals surface area contributed by atoms with Gasteiger partial charge in [-0.25, -0.2) is 0 Å². The number of hydrogen-bond acceptors (Lipinski definition) is 3. The van der Waals surface area contributed by atoms with Gasteiger partial charge in [-0.15, -0.1) is 11.3 Å². The van der Waals surface area contributed by atoms with Gasteiger partial charge in [0.15, 0.2) is 0 Å². The van der Waals surface area contributed by atoms with Gasteiger partial charge >= 0.3 is 0 Å². The lowest BCUT2D eigenvalue weighted by molar-refractivity contribution is 0.0945. The van der Waals surface area contributed by atoms with Crippen LogP contribution in [-0.4, -0.2) is 24.2 Å². The molecule has 4 heteroatoms. The third-order valence-electron chi connectivity index (χ3n) is 3.72. The van der Waals surface area contributed by atoms with Crippen molar-refractivity contribution in [3.8, 4) is 11.8 Å². The molecule has 2 atom stereocenters. The highest BCUT2D eigenvalue weighted by molar-refractivity contribution is 7.14. The average Bonchev–Trinajstić information content (AvgIpc) is 2.91. The average molecular weight is 291 g/mol. The summed E-state index contributed by atoms with van der Waals surface area (Å²) < 4.78 is 0. The topological polar surface area (TPSA) is 49.3 Å². The fraction of sp³-hybridized carbons (Fsp3) is 0.562. The summed E-state index contributed by atoms with van der Waals surface area (Å²) in [4.78, 5) is 13.6. The van der Waals surface area contributed by atoms with Crippen molar-refractivity contribution < 1.29 is 9.90 Å². The first-order valence-corrected chi connectivity index (χ1v) is 7.98. The van der Waals surface area contributed by atoms with Crippen molar-refractivity contribution in [3.63, 3.8) is 0 Å². The first kappa shape index (κ1) is 15.1. The summed E-state index contributed by atoms with van der Waals surface area (Å²) in [7, 11) is 0. The maximum atomic E-state index is 12.1. The first-order valence-electron chi connectivity index (χ1n) is 7.16. The van der Waals surface area contributed by atoms with Gasteiger partial charge in [0.2, 0.25) is 0 Å². The monoisotopic (exact) mass is 291 g/mol. The molecule has 3 nitrogen and oxygen atoms in total. The van der Waals surface area contributed by atoms with Gasteiger partial charge < -0.3 is 10.4 Å². The van der Waals surface area contributed by atoms with Gasteiger partial charge in [0.25, 0.3) is 5.91 Å². The van der Waals surface area contributed by atoms with Gasteiger partial charge in [-0.1, -0.05) is 31.6 Å². The van der Waals surface area contributed by atoms with E-state index in [-0.39, 0.29) is 12.5 Å². The zero-order chi connectivity index (χ0) is 14.4. The van der Waals surface area contributed by atoms with Crippen LogP contribution in [-0.2, 0) is 0 Å². The van der Waals surface area contributed by atoms with E-state index in [0.717, 1.165) is 17.3 Å². The maximum absolute atomic E-state index is 12.1. The van der Waals surface area contributed by atoms with E-state index >= 15 is 0 Å². The molecule has 0 aromatic carbocycles. The minimum atomic E-state index is -0.153. The maximum Gasteiger partial charge on any atom is 0.261 e. The van der Waals surface area contributed by atoms with Gasteiger partial charge in [-0.2, -0.15) is 0 Å². The molecule has 2 rings (SSSR count). The molecule has 1 aromatic heterocycles. The molecule has 1 aliphatic rings. The van der Waals surface area contributed by atoms with Gasteiger partial charge in [-0.05, 0) is 36.8 Å². The first-order chi connectivity index (χ1) is 9.69. The summed E-state index contributed by atoms with van der Waals surface area (Å²) in [6.45, 7) is 2.91. The largest absolute Gasteiger partial charge is 0.384 e. The molecule has 0 aliphatic heterocycles. The summed E-state index contributed by atoms with van der Waals surface area (Å²) in [6, 6.07) is 3.62. The number of amides is 1. The second-order valence-corrected chi connectivity index (χ2v) is 6.56. The fourth-order valence-corrected chi connectivity index (χ4v) is 3.52. The summed E-state index contributed by atoms with van der Waals surface area (Å²) in [5, 5.41) is 11.7. The van der Waals surface area contributed by atoms with E-state index in [0.29, 0.717) is 10.8 Å². The number of carbonyl (C=O) groups excluding carboxylic acids is 1. The number of aliphatic hydroxyl groups excluding tert-OH is 1. The Hall–Kier alpha value is -1.31. The van der Waals surface area contributed by atoms with Gasteiger partial charge in [0, 0.05) is 6.54 Å². The lowest BCUT2D eigenvalue weighted by Gasteiger charge is -2.26. The van der Waals surface area contributed by atoms with Crippen LogP contribution in [0.1, 0.15) is 47.2 Å². The smallest absolute Gasteiger partial charge is 0.261 e. The summed E-state index contributed by atoms with van der Waals surface area (Å²) >= 11 is 1.37. The number of hydrogen-bond donors (Lipinski definition) is 2. The number of rotatable bonds is 3. The van der Waals surface area contributed by atoms with Crippen LogP contribution >= 0.6 is 11.3 Å². The van der Waals surface area contributed by atoms with Crippen molar-refractivity contribution in [2.75, 3.05) is 13.2 Å². The van der Waals surface area contributed by atoms with Crippen LogP contribution < -0.4 is 5.32 Å². The summed E-state index contributed by atoms with van der Waals surface area (Å²) in [5.41, 5.74) is 0. The van der Waals surface area contributed by atoms with E-state index in [1.807, 2.05) is 6.07 Å². The standard InChI is InChI=1S/C16H21NO2S/c1-12-4-2-5-13(10-12)11-17-16(19)15-8-7-14(20-15)6-3-9-18/h7-8,12-13,18H,2,4-5,9-11H2,1H3,(H,17,19). The van der Waals surface area contributed by atoms with Gasteiger partial charge in [0.05, 0.1) is 9.75 Å². The van der Waals surface area contributed by atoms with E-state index in [1.165, 1.54) is 37.0 Å². The Morgan fingerprint density at radius 3 is 3.10 bits per heavy atom. The Morgan fingerprint density at radius 1 is 1.50 bits per heavy atom. The quantitative estimate of drug-likeness (QED) is 0.841. The molecule has 2 unspecified atom stereocenters. The predicted octanol–water partition coefficient (Wildman–Crippen LogP) is 2.65. The lowest BCUT2D eigenvalue weighted by Crippen LogP contribution is -2.31. The van der Waals surface area contributed by atoms with Crippen LogP contribution in [0.25, 0.3) is 0 Å². The summed E-state index contributed by atoms with van der Waals surface area (Å²) in [6.07, 6.45) is 5.05. The van der Waals surface area contributed by atoms with Crippen molar-refractivity contribution in [2.45, 2.75) is 32.6 Å². The molecule has 1 aliphatic carbocycles. The molecule has 1 saturated carbocycles. The van der Waals surface area contributed by atoms with Crippen LogP contribution in [0.2, 0.25) is 0 Å². The summed E-state index contributed by atoms with van der Waals surface area (Å²) in [5.74, 6) is 6.81. The van der Waals surface area contributed by atoms with Crippen molar-refractivity contribution in [2.24, 2.45) is 11.8 Å². The van der Waals surface area contributed by atoms with E-state index < -0.39 is 0 Å². The Balaban J connectivity index is 1.83. The highest BCUT2D eigenvalue weighted by Gasteiger charge is 2.19. The van der Waals surface area contributed by atoms with E-state index in [9.17, 15) is 4.79 Å². The van der Waals surface area contributed by atoms with Crippen LogP contribution in [0.5, 0.6) is 0 Å². The Morgan fingerprint density at radius 2 is 2.35 bits per heavy atom. The normalized spacial score (nSPS) is 21.9. The minimum absolute atomic E-state index is 0.00900. The Bertz CT molecular complexity index is 512. The predicted molar refractivity (Wildman–Crippen MR) is 81.7 cm³/mol. The zero-order valence-electron chi connectivity index (χ0n) is 11.8. The Kier molecular flexibility index (Phi) is 5.63. The van der Waals surface area contributed by atoms with Crippen LogP contribution in [0.4, 0.5) is 0 Å². The molecule has 0 saturated heterocycles. The molecule has 1 heterocycles. The highest BCUT2D eigenvalue weighted by atomic mass is 32.1. The molecule has 1 amide bonds. The molecular weight excluding hydrogens is 270 g/mol. The number of aliphatic hydroxyl groups is 1. The second-order valence-electron chi connectivity index (χ2n) is 5.47. The number of thiophene rings is 1. The third-order valence-corrected chi connectivity index (χ3v) is 4.72. The molecular formula is C16H21NO2S. The van der Waals surface area contributed by atoms with E-state index in [4.69, 9.17) is 5.11 Å². The molecule has 2 N–H and O–H groups in total. The molecule has 108 valence electrons. The molecule has 1 aromatic rings. The molecule has 0 bridgehead atoms. The van der Waals surface area contributed by atoms with Crippen molar-refractivity contribution in [1.82, 2.24) is 5.32 Å². The van der Waals surface area contributed by atoms with E-state index in [2.05, 4.69) is 24.1 Å². The van der Waals surface area contributed by atoms with Crippen LogP contribution in [0.15, 0.2) is 12.1 Å². The molecule has 0 radical (unpaired) electrons. The van der Waals surface area contributed by atoms with Crippen LogP contribution in [0, 0.1) is 23.7 Å². The zero-order valence-corrected chi connectivity index (χ0v) is 12.6. The number of carbonyl (C=O) groups is 1. The van der Waals surface area contributed by atoms with Crippen LogP contribution in [0.3, 0.4) is 0 Å². The molecule has 1 fully saturated rings. The molecule has 20 heavy (non-hydrogen) atoms. The molecule has 0 spiro atoms. The Labute approximate surface area is 124 Å². The van der Waals surface area contributed by atoms with Crippen molar-refractivity contribution >= 4 is 17.2 Å². The van der Waals surface area contributed by atoms with Crippen molar-refractivity contribution in [1.29, 1.82) is 0 Å². The SMILES string of the molecule is CC1CCCC(CNC(=O)c2ccc(C#CCO)s2)C1. The van der Waals surface area contributed by atoms with Gasteiger partial charge in [-0.3, -0.25) is 4.79 Å². The number of nitrogens with one attached hydrogen (secondary N) is 1. The minimum Gasteiger partial charge on any atom is -0.384 e. The van der Waals surface area contributed by atoms with Gasteiger partial charge in [0.1, 0.15) is 6.61 Å². The third kappa shape index (κ3) is 4.36. The van der Waals surface area contributed by atoms with Crippen molar-refractivity contribution in [3.05, 3.63) is 21.9 Å². The van der Waals surface area contributed by atoms with E-state index in [1.54, 1.807) is 6.07 Å². The highest BCUT2D eigenvalue weighted by Crippen LogP contribution is 2.28. The fourth-order valence-electron chi connectivity index (χ4n) is 2.72. The second kappa shape index (κ2) is 7.47.